The zero-order chi connectivity index (χ0) is 15.1. The van der Waals surface area contributed by atoms with Gasteiger partial charge in [0.15, 0.2) is 0 Å². The highest BCUT2D eigenvalue weighted by Crippen LogP contribution is 2.33. The van der Waals surface area contributed by atoms with Crippen molar-refractivity contribution in [3.05, 3.63) is 35.4 Å². The van der Waals surface area contributed by atoms with E-state index < -0.39 is 0 Å². The van der Waals surface area contributed by atoms with E-state index in [0.29, 0.717) is 11.8 Å². The normalized spacial score (nSPS) is 22.7. The highest BCUT2D eigenvalue weighted by molar-refractivity contribution is 5.25. The van der Waals surface area contributed by atoms with E-state index in [9.17, 15) is 0 Å². The lowest BCUT2D eigenvalue weighted by Gasteiger charge is -2.32. The largest absolute Gasteiger partial charge is 0.373 e. The number of rotatable bonds is 7. The highest BCUT2D eigenvalue weighted by Gasteiger charge is 2.26. The van der Waals surface area contributed by atoms with Crippen molar-refractivity contribution in [2.24, 2.45) is 11.8 Å². The predicted octanol–water partition coefficient (Wildman–Crippen LogP) is 4.35. The second-order valence-electron chi connectivity index (χ2n) is 6.74. The van der Waals surface area contributed by atoms with Crippen LogP contribution in [-0.4, -0.2) is 19.7 Å². The molecule has 1 aromatic carbocycles. The number of hydrogen-bond acceptors (Lipinski definition) is 2. The highest BCUT2D eigenvalue weighted by atomic mass is 16.5. The van der Waals surface area contributed by atoms with Gasteiger partial charge in [0.25, 0.3) is 0 Å². The average molecular weight is 289 g/mol. The molecule has 2 unspecified atom stereocenters. The van der Waals surface area contributed by atoms with Gasteiger partial charge >= 0.3 is 0 Å². The molecule has 0 amide bonds. The molecule has 0 saturated carbocycles. The molecular formula is C19H31NO. The first-order valence-electron chi connectivity index (χ1n) is 8.61. The third-order valence-corrected chi connectivity index (χ3v) is 4.23. The Labute approximate surface area is 130 Å². The van der Waals surface area contributed by atoms with Gasteiger partial charge in [0, 0.05) is 19.1 Å². The molecule has 21 heavy (non-hydrogen) atoms. The van der Waals surface area contributed by atoms with Crippen LogP contribution < -0.4 is 5.32 Å². The molecule has 118 valence electrons. The van der Waals surface area contributed by atoms with E-state index in [-0.39, 0.29) is 6.10 Å². The lowest BCUT2D eigenvalue weighted by molar-refractivity contribution is -0.0277. The van der Waals surface area contributed by atoms with Crippen LogP contribution in [0.2, 0.25) is 0 Å². The maximum Gasteiger partial charge on any atom is 0.0865 e. The summed E-state index contributed by atoms with van der Waals surface area (Å²) >= 11 is 0. The minimum atomic E-state index is 0.274. The summed E-state index contributed by atoms with van der Waals surface area (Å²) in [7, 11) is 0. The summed E-state index contributed by atoms with van der Waals surface area (Å²) in [6.45, 7) is 9.85. The monoisotopic (exact) mass is 289 g/mol. The van der Waals surface area contributed by atoms with Gasteiger partial charge in [-0.25, -0.2) is 0 Å². The molecule has 1 aliphatic heterocycles. The van der Waals surface area contributed by atoms with Gasteiger partial charge in [0.05, 0.1) is 6.10 Å². The quantitative estimate of drug-likeness (QED) is 0.753. The van der Waals surface area contributed by atoms with Crippen molar-refractivity contribution in [1.29, 1.82) is 0 Å². The Morgan fingerprint density at radius 3 is 2.67 bits per heavy atom. The first-order valence-corrected chi connectivity index (χ1v) is 8.61. The molecule has 0 spiro atoms. The van der Waals surface area contributed by atoms with Crippen molar-refractivity contribution in [1.82, 2.24) is 5.32 Å². The maximum atomic E-state index is 6.09. The fourth-order valence-electron chi connectivity index (χ4n) is 3.20. The third-order valence-electron chi connectivity index (χ3n) is 4.23. The van der Waals surface area contributed by atoms with Crippen molar-refractivity contribution >= 4 is 0 Å². The van der Waals surface area contributed by atoms with Gasteiger partial charge in [-0.2, -0.15) is 0 Å². The van der Waals surface area contributed by atoms with Crippen LogP contribution in [0.15, 0.2) is 24.3 Å². The Kier molecular flexibility index (Phi) is 6.72. The summed E-state index contributed by atoms with van der Waals surface area (Å²) in [6.07, 6.45) is 5.10. The number of nitrogens with one attached hydrogen (secondary N) is 1. The van der Waals surface area contributed by atoms with Crippen LogP contribution in [-0.2, 0) is 11.2 Å². The maximum absolute atomic E-state index is 6.09. The minimum Gasteiger partial charge on any atom is -0.373 e. The molecule has 0 aliphatic carbocycles. The van der Waals surface area contributed by atoms with Gasteiger partial charge < -0.3 is 10.1 Å². The van der Waals surface area contributed by atoms with E-state index >= 15 is 0 Å². The van der Waals surface area contributed by atoms with Crippen molar-refractivity contribution in [2.45, 2.75) is 52.6 Å². The van der Waals surface area contributed by atoms with Gasteiger partial charge in [-0.1, -0.05) is 45.0 Å². The van der Waals surface area contributed by atoms with Crippen molar-refractivity contribution < 1.29 is 4.74 Å². The van der Waals surface area contributed by atoms with Crippen LogP contribution in [0.4, 0.5) is 0 Å². The summed E-state index contributed by atoms with van der Waals surface area (Å²) in [4.78, 5) is 0. The Hall–Kier alpha value is -0.860. The van der Waals surface area contributed by atoms with E-state index in [4.69, 9.17) is 4.74 Å². The lowest BCUT2D eigenvalue weighted by Crippen LogP contribution is -2.32. The second-order valence-corrected chi connectivity index (χ2v) is 6.74. The molecule has 1 heterocycles. The van der Waals surface area contributed by atoms with Crippen LogP contribution in [0, 0.1) is 11.8 Å². The van der Waals surface area contributed by atoms with E-state index in [2.05, 4.69) is 50.4 Å². The van der Waals surface area contributed by atoms with Gasteiger partial charge in [-0.05, 0) is 49.3 Å². The summed E-state index contributed by atoms with van der Waals surface area (Å²) < 4.78 is 6.09. The van der Waals surface area contributed by atoms with Crippen LogP contribution in [0.5, 0.6) is 0 Å². The van der Waals surface area contributed by atoms with Gasteiger partial charge in [0.1, 0.15) is 0 Å². The summed E-state index contributed by atoms with van der Waals surface area (Å²) in [6, 6.07) is 9.12. The molecule has 0 radical (unpaired) electrons. The number of hydrogen-bond donors (Lipinski definition) is 1. The molecule has 1 aromatic rings. The SMILES string of the molecule is CCCNCC1CCCOC1c1ccc(CC(C)C)cc1. The summed E-state index contributed by atoms with van der Waals surface area (Å²) in [5.74, 6) is 1.33. The van der Waals surface area contributed by atoms with Crippen molar-refractivity contribution in [3.8, 4) is 0 Å². The average Bonchev–Trinajstić information content (AvgIpc) is 2.48. The lowest BCUT2D eigenvalue weighted by atomic mass is 9.88. The van der Waals surface area contributed by atoms with Gasteiger partial charge in [0.2, 0.25) is 0 Å². The molecular weight excluding hydrogens is 258 g/mol. The molecule has 1 saturated heterocycles. The number of benzene rings is 1. The predicted molar refractivity (Wildman–Crippen MR) is 89.6 cm³/mol. The van der Waals surface area contributed by atoms with E-state index in [1.165, 1.54) is 30.4 Å². The molecule has 1 aliphatic rings. The minimum absolute atomic E-state index is 0.274. The van der Waals surface area contributed by atoms with E-state index in [0.717, 1.165) is 26.1 Å². The molecule has 1 fully saturated rings. The molecule has 2 nitrogen and oxygen atoms in total. The molecule has 0 bridgehead atoms. The van der Waals surface area contributed by atoms with E-state index in [1.54, 1.807) is 0 Å². The van der Waals surface area contributed by atoms with Crippen LogP contribution in [0.25, 0.3) is 0 Å². The smallest absolute Gasteiger partial charge is 0.0865 e. The molecule has 0 aromatic heterocycles. The topological polar surface area (TPSA) is 21.3 Å². The zero-order valence-electron chi connectivity index (χ0n) is 13.9. The van der Waals surface area contributed by atoms with Crippen LogP contribution in [0.1, 0.15) is 57.3 Å². The fourth-order valence-corrected chi connectivity index (χ4v) is 3.20. The molecule has 1 N–H and O–H groups in total. The standard InChI is InChI=1S/C19H31NO/c1-4-11-20-14-18-6-5-12-21-19(18)17-9-7-16(8-10-17)13-15(2)3/h7-10,15,18-20H,4-6,11-14H2,1-3H3. The fraction of sp³-hybridized carbons (Fsp3) is 0.684. The molecule has 2 atom stereocenters. The Bertz CT molecular complexity index is 399. The van der Waals surface area contributed by atoms with Crippen LogP contribution in [0.3, 0.4) is 0 Å². The van der Waals surface area contributed by atoms with Crippen molar-refractivity contribution in [3.63, 3.8) is 0 Å². The summed E-state index contributed by atoms with van der Waals surface area (Å²) in [5.41, 5.74) is 2.79. The van der Waals surface area contributed by atoms with Gasteiger partial charge in [-0.15, -0.1) is 0 Å². The van der Waals surface area contributed by atoms with Crippen LogP contribution >= 0.6 is 0 Å². The van der Waals surface area contributed by atoms with Gasteiger partial charge in [-0.3, -0.25) is 0 Å². The Balaban J connectivity index is 1.99. The summed E-state index contributed by atoms with van der Waals surface area (Å²) in [5, 5.41) is 3.56. The first kappa shape index (κ1) is 16.5. The second kappa shape index (κ2) is 8.55. The first-order chi connectivity index (χ1) is 10.2. The molecule has 2 rings (SSSR count). The van der Waals surface area contributed by atoms with E-state index in [1.807, 2.05) is 0 Å². The number of ether oxygens (including phenoxy) is 1. The Morgan fingerprint density at radius 1 is 1.24 bits per heavy atom. The zero-order valence-corrected chi connectivity index (χ0v) is 13.9. The van der Waals surface area contributed by atoms with Crippen molar-refractivity contribution in [2.75, 3.05) is 19.7 Å². The molecule has 2 heteroatoms. The Morgan fingerprint density at radius 2 is 2.00 bits per heavy atom. The third kappa shape index (κ3) is 5.12.